The molecule has 0 aliphatic rings. The van der Waals surface area contributed by atoms with Gasteiger partial charge in [0.1, 0.15) is 0 Å². The summed E-state index contributed by atoms with van der Waals surface area (Å²) in [6, 6.07) is 9.10. The third-order valence-corrected chi connectivity index (χ3v) is 1.86. The number of nitrogens with two attached hydrogens (primary N) is 1. The van der Waals surface area contributed by atoms with Gasteiger partial charge in [0, 0.05) is 6.54 Å². The first-order chi connectivity index (χ1) is 6.29. The summed E-state index contributed by atoms with van der Waals surface area (Å²) in [5, 5.41) is 8.44. The molecular weight excluding hydrogens is 168 g/mol. The van der Waals surface area contributed by atoms with E-state index in [-0.39, 0.29) is 6.54 Å². The Morgan fingerprint density at radius 3 is 2.54 bits per heavy atom. The smallest absolute Gasteiger partial charge is 0.252 e. The van der Waals surface area contributed by atoms with Gasteiger partial charge in [-0.15, -0.1) is 0 Å². The van der Waals surface area contributed by atoms with Gasteiger partial charge in [0.25, 0.3) is 5.91 Å². The Bertz CT molecular complexity index is 274. The summed E-state index contributed by atoms with van der Waals surface area (Å²) >= 11 is 0. The van der Waals surface area contributed by atoms with E-state index in [4.69, 9.17) is 10.9 Å². The molecule has 0 heterocycles. The fraction of sp³-hybridized carbons (Fsp3) is 0.222. The molecule has 13 heavy (non-hydrogen) atoms. The van der Waals surface area contributed by atoms with Crippen LogP contribution < -0.4 is 11.2 Å². The molecule has 1 amide bonds. The zero-order valence-electron chi connectivity index (χ0n) is 7.10. The van der Waals surface area contributed by atoms with Gasteiger partial charge >= 0.3 is 0 Å². The summed E-state index contributed by atoms with van der Waals surface area (Å²) in [7, 11) is 0. The highest BCUT2D eigenvalue weighted by Gasteiger charge is 2.17. The fourth-order valence-corrected chi connectivity index (χ4v) is 1.16. The van der Waals surface area contributed by atoms with Gasteiger partial charge in [0.2, 0.25) is 0 Å². The number of carbonyl (C=O) groups is 1. The zero-order valence-corrected chi connectivity index (χ0v) is 7.10. The predicted molar refractivity (Wildman–Crippen MR) is 48.2 cm³/mol. The lowest BCUT2D eigenvalue weighted by molar-refractivity contribution is -0.130. The number of carbonyl (C=O) groups excluding carboxylic acids is 1. The van der Waals surface area contributed by atoms with Crippen molar-refractivity contribution in [2.75, 3.05) is 6.54 Å². The number of rotatable bonds is 3. The molecule has 0 aromatic heterocycles. The van der Waals surface area contributed by atoms with E-state index in [0.717, 1.165) is 5.56 Å². The minimum Gasteiger partial charge on any atom is -0.329 e. The first-order valence-corrected chi connectivity index (χ1v) is 3.98. The second kappa shape index (κ2) is 4.59. The molecule has 0 saturated carbocycles. The van der Waals surface area contributed by atoms with Crippen molar-refractivity contribution >= 4 is 5.91 Å². The van der Waals surface area contributed by atoms with E-state index in [1.54, 1.807) is 17.6 Å². The lowest BCUT2D eigenvalue weighted by Gasteiger charge is -2.11. The first-order valence-electron chi connectivity index (χ1n) is 3.98. The SMILES string of the molecule is NCC(C(=O)NO)c1ccccc1. The monoisotopic (exact) mass is 180 g/mol. The van der Waals surface area contributed by atoms with Gasteiger partial charge in [-0.3, -0.25) is 10.0 Å². The van der Waals surface area contributed by atoms with E-state index in [2.05, 4.69) is 0 Å². The van der Waals surface area contributed by atoms with Crippen molar-refractivity contribution in [3.63, 3.8) is 0 Å². The molecule has 0 aliphatic heterocycles. The van der Waals surface area contributed by atoms with Gasteiger partial charge in [0.15, 0.2) is 0 Å². The molecule has 4 nitrogen and oxygen atoms in total. The number of hydroxylamine groups is 1. The van der Waals surface area contributed by atoms with Crippen molar-refractivity contribution < 1.29 is 10.0 Å². The summed E-state index contributed by atoms with van der Waals surface area (Å²) in [6.45, 7) is 0.177. The van der Waals surface area contributed by atoms with E-state index in [1.807, 2.05) is 18.2 Å². The third-order valence-electron chi connectivity index (χ3n) is 1.86. The van der Waals surface area contributed by atoms with Crippen LogP contribution in [0.15, 0.2) is 30.3 Å². The number of hydrogen-bond donors (Lipinski definition) is 3. The number of amides is 1. The molecule has 0 bridgehead atoms. The molecular formula is C9H12N2O2. The van der Waals surface area contributed by atoms with Crippen molar-refractivity contribution in [1.82, 2.24) is 5.48 Å². The normalized spacial score (nSPS) is 12.2. The third kappa shape index (κ3) is 2.27. The second-order valence-electron chi connectivity index (χ2n) is 2.68. The van der Waals surface area contributed by atoms with Crippen LogP contribution in [0.25, 0.3) is 0 Å². The van der Waals surface area contributed by atoms with E-state index in [9.17, 15) is 4.79 Å². The van der Waals surface area contributed by atoms with Crippen LogP contribution in [0.1, 0.15) is 11.5 Å². The quantitative estimate of drug-likeness (QED) is 0.460. The summed E-state index contributed by atoms with van der Waals surface area (Å²) in [5.41, 5.74) is 7.81. The Hall–Kier alpha value is -1.39. The van der Waals surface area contributed by atoms with E-state index < -0.39 is 11.8 Å². The van der Waals surface area contributed by atoms with Gasteiger partial charge < -0.3 is 5.73 Å². The maximum absolute atomic E-state index is 11.1. The van der Waals surface area contributed by atoms with Crippen LogP contribution in [-0.2, 0) is 4.79 Å². The molecule has 1 aromatic rings. The van der Waals surface area contributed by atoms with Crippen LogP contribution in [0.4, 0.5) is 0 Å². The van der Waals surface area contributed by atoms with E-state index >= 15 is 0 Å². The lowest BCUT2D eigenvalue weighted by atomic mass is 9.99. The van der Waals surface area contributed by atoms with Gasteiger partial charge in [-0.25, -0.2) is 5.48 Å². The Morgan fingerprint density at radius 2 is 2.08 bits per heavy atom. The molecule has 1 aromatic carbocycles. The van der Waals surface area contributed by atoms with Gasteiger partial charge in [-0.1, -0.05) is 30.3 Å². The van der Waals surface area contributed by atoms with Crippen LogP contribution in [0.5, 0.6) is 0 Å². The van der Waals surface area contributed by atoms with Crippen molar-refractivity contribution in [2.45, 2.75) is 5.92 Å². The van der Waals surface area contributed by atoms with Crippen LogP contribution in [-0.4, -0.2) is 17.7 Å². The van der Waals surface area contributed by atoms with Crippen LogP contribution in [0, 0.1) is 0 Å². The van der Waals surface area contributed by atoms with Crippen LogP contribution in [0.2, 0.25) is 0 Å². The average Bonchev–Trinajstić information content (AvgIpc) is 2.20. The predicted octanol–water partition coefficient (Wildman–Crippen LogP) is 0.234. The molecule has 0 saturated heterocycles. The highest BCUT2D eigenvalue weighted by atomic mass is 16.5. The summed E-state index contributed by atoms with van der Waals surface area (Å²) in [4.78, 5) is 11.1. The van der Waals surface area contributed by atoms with Crippen molar-refractivity contribution in [3.05, 3.63) is 35.9 Å². The molecule has 1 rings (SSSR count). The van der Waals surface area contributed by atoms with E-state index in [0.29, 0.717) is 0 Å². The summed E-state index contributed by atoms with van der Waals surface area (Å²) in [5.74, 6) is -0.958. The van der Waals surface area contributed by atoms with Gasteiger partial charge in [-0.2, -0.15) is 0 Å². The lowest BCUT2D eigenvalue weighted by Crippen LogP contribution is -2.31. The van der Waals surface area contributed by atoms with Crippen LogP contribution >= 0.6 is 0 Å². The second-order valence-corrected chi connectivity index (χ2v) is 2.68. The van der Waals surface area contributed by atoms with E-state index in [1.165, 1.54) is 0 Å². The molecule has 1 unspecified atom stereocenters. The minimum absolute atomic E-state index is 0.177. The first kappa shape index (κ1) is 9.70. The maximum Gasteiger partial charge on any atom is 0.252 e. The molecule has 0 radical (unpaired) electrons. The molecule has 4 N–H and O–H groups in total. The Kier molecular flexibility index (Phi) is 3.42. The largest absolute Gasteiger partial charge is 0.329 e. The Balaban J connectivity index is 2.85. The topological polar surface area (TPSA) is 75.4 Å². The van der Waals surface area contributed by atoms with Gasteiger partial charge in [-0.05, 0) is 5.56 Å². The molecule has 1 atom stereocenters. The average molecular weight is 180 g/mol. The molecule has 70 valence electrons. The molecule has 0 spiro atoms. The minimum atomic E-state index is -0.480. The highest BCUT2D eigenvalue weighted by molar-refractivity contribution is 5.82. The van der Waals surface area contributed by atoms with Crippen molar-refractivity contribution in [1.29, 1.82) is 0 Å². The molecule has 0 aliphatic carbocycles. The summed E-state index contributed by atoms with van der Waals surface area (Å²) < 4.78 is 0. The number of benzene rings is 1. The standard InChI is InChI=1S/C9H12N2O2/c10-6-8(9(12)11-13)7-4-2-1-3-5-7/h1-5,8,13H,6,10H2,(H,11,12). The maximum atomic E-state index is 11.1. The van der Waals surface area contributed by atoms with Gasteiger partial charge in [0.05, 0.1) is 5.92 Å². The van der Waals surface area contributed by atoms with Crippen molar-refractivity contribution in [2.24, 2.45) is 5.73 Å². The number of nitrogens with one attached hydrogen (secondary N) is 1. The highest BCUT2D eigenvalue weighted by Crippen LogP contribution is 2.13. The fourth-order valence-electron chi connectivity index (χ4n) is 1.16. The Morgan fingerprint density at radius 1 is 1.46 bits per heavy atom. The zero-order chi connectivity index (χ0) is 9.68. The number of hydrogen-bond acceptors (Lipinski definition) is 3. The molecule has 0 fully saturated rings. The summed E-state index contributed by atoms with van der Waals surface area (Å²) in [6.07, 6.45) is 0. The van der Waals surface area contributed by atoms with Crippen LogP contribution in [0.3, 0.4) is 0 Å². The molecule has 4 heteroatoms. The van der Waals surface area contributed by atoms with Crippen molar-refractivity contribution in [3.8, 4) is 0 Å². The Labute approximate surface area is 76.3 Å².